The Morgan fingerprint density at radius 1 is 1.19 bits per heavy atom. The molecule has 0 atom stereocenters. The quantitative estimate of drug-likeness (QED) is 0.668. The highest BCUT2D eigenvalue weighted by Crippen LogP contribution is 2.25. The van der Waals surface area contributed by atoms with E-state index in [2.05, 4.69) is 4.72 Å². The zero-order chi connectivity index (χ0) is 15.6. The average molecular weight is 325 g/mol. The highest BCUT2D eigenvalue weighted by atomic mass is 35.5. The number of hydrogen-bond donors (Lipinski definition) is 2. The predicted molar refractivity (Wildman–Crippen MR) is 83.1 cm³/mol. The Bertz CT molecular complexity index is 804. The van der Waals surface area contributed by atoms with Gasteiger partial charge in [-0.2, -0.15) is 0 Å². The van der Waals surface area contributed by atoms with E-state index in [1.165, 1.54) is 31.2 Å². The molecule has 0 aliphatic heterocycles. The van der Waals surface area contributed by atoms with Gasteiger partial charge in [0.05, 0.1) is 5.69 Å². The second kappa shape index (κ2) is 5.75. The van der Waals surface area contributed by atoms with Crippen LogP contribution < -0.4 is 10.5 Å². The number of anilines is 2. The Hall–Kier alpha value is -2.05. The van der Waals surface area contributed by atoms with Crippen molar-refractivity contribution in [3.63, 3.8) is 0 Å². The maximum Gasteiger partial charge on any atom is 0.263 e. The second-order valence-electron chi connectivity index (χ2n) is 4.42. The zero-order valence-corrected chi connectivity index (χ0v) is 12.7. The van der Waals surface area contributed by atoms with Crippen molar-refractivity contribution in [3.8, 4) is 0 Å². The highest BCUT2D eigenvalue weighted by Gasteiger charge is 2.18. The molecule has 0 fully saturated rings. The summed E-state index contributed by atoms with van der Waals surface area (Å²) in [6, 6.07) is 10.4. The largest absolute Gasteiger partial charge is 0.398 e. The molecule has 0 saturated heterocycles. The normalized spacial score (nSPS) is 11.1. The van der Waals surface area contributed by atoms with Gasteiger partial charge in [-0.3, -0.25) is 9.52 Å². The Morgan fingerprint density at radius 2 is 1.90 bits per heavy atom. The van der Waals surface area contributed by atoms with Crippen molar-refractivity contribution in [2.45, 2.75) is 11.8 Å². The van der Waals surface area contributed by atoms with Crippen LogP contribution in [0.5, 0.6) is 0 Å². The number of carbonyl (C=O) groups excluding carboxylic acids is 1. The van der Waals surface area contributed by atoms with Gasteiger partial charge in [-0.25, -0.2) is 8.42 Å². The molecule has 2 aromatic rings. The molecule has 0 heterocycles. The topological polar surface area (TPSA) is 89.3 Å². The summed E-state index contributed by atoms with van der Waals surface area (Å²) in [5, 5.41) is 0.352. The first-order valence-electron chi connectivity index (χ1n) is 5.98. The lowest BCUT2D eigenvalue weighted by Crippen LogP contribution is -2.15. The van der Waals surface area contributed by atoms with Crippen LogP contribution in [0.2, 0.25) is 5.02 Å². The number of hydrogen-bond acceptors (Lipinski definition) is 4. The van der Waals surface area contributed by atoms with Gasteiger partial charge in [-0.1, -0.05) is 23.7 Å². The van der Waals surface area contributed by atoms with Crippen molar-refractivity contribution in [3.05, 3.63) is 53.1 Å². The van der Waals surface area contributed by atoms with E-state index in [0.29, 0.717) is 10.6 Å². The molecule has 3 N–H and O–H groups in total. The van der Waals surface area contributed by atoms with E-state index in [1.54, 1.807) is 18.2 Å². The Balaban J connectivity index is 2.37. The van der Waals surface area contributed by atoms with Crippen LogP contribution in [-0.2, 0) is 10.0 Å². The van der Waals surface area contributed by atoms with Crippen LogP contribution in [0.3, 0.4) is 0 Å². The fraction of sp³-hybridized carbons (Fsp3) is 0.0714. The molecular formula is C14H13ClN2O3S. The van der Waals surface area contributed by atoms with E-state index in [0.717, 1.165) is 0 Å². The van der Waals surface area contributed by atoms with Gasteiger partial charge in [0.2, 0.25) is 0 Å². The average Bonchev–Trinajstić information content (AvgIpc) is 2.37. The van der Waals surface area contributed by atoms with Gasteiger partial charge in [-0.15, -0.1) is 0 Å². The summed E-state index contributed by atoms with van der Waals surface area (Å²) in [4.78, 5) is 11.2. The predicted octanol–water partition coefficient (Wildman–Crippen LogP) is 2.93. The zero-order valence-electron chi connectivity index (χ0n) is 11.1. The molecule has 110 valence electrons. The molecular weight excluding hydrogens is 312 g/mol. The van der Waals surface area contributed by atoms with Crippen LogP contribution in [0.4, 0.5) is 11.4 Å². The minimum atomic E-state index is -3.85. The third kappa shape index (κ3) is 3.53. The van der Waals surface area contributed by atoms with Crippen molar-refractivity contribution >= 4 is 38.8 Å². The van der Waals surface area contributed by atoms with Crippen molar-refractivity contribution in [1.29, 1.82) is 0 Å². The van der Waals surface area contributed by atoms with Crippen molar-refractivity contribution in [1.82, 2.24) is 0 Å². The molecule has 2 aromatic carbocycles. The minimum absolute atomic E-state index is 0.0534. The highest BCUT2D eigenvalue weighted by molar-refractivity contribution is 7.92. The monoisotopic (exact) mass is 324 g/mol. The molecule has 2 rings (SSSR count). The van der Waals surface area contributed by atoms with E-state index in [9.17, 15) is 13.2 Å². The van der Waals surface area contributed by atoms with Crippen LogP contribution in [-0.4, -0.2) is 14.2 Å². The van der Waals surface area contributed by atoms with Gasteiger partial charge < -0.3 is 5.73 Å². The van der Waals surface area contributed by atoms with Crippen LogP contribution in [0.25, 0.3) is 0 Å². The molecule has 0 saturated carbocycles. The summed E-state index contributed by atoms with van der Waals surface area (Å²) >= 11 is 5.75. The maximum absolute atomic E-state index is 12.3. The number of nitrogen functional groups attached to an aromatic ring is 1. The van der Waals surface area contributed by atoms with E-state index in [4.69, 9.17) is 17.3 Å². The number of halogens is 1. The number of carbonyl (C=O) groups is 1. The Labute approximate surface area is 127 Å². The lowest BCUT2D eigenvalue weighted by Gasteiger charge is -2.11. The number of rotatable bonds is 4. The fourth-order valence-electron chi connectivity index (χ4n) is 1.78. The van der Waals surface area contributed by atoms with E-state index in [1.807, 2.05) is 0 Å². The van der Waals surface area contributed by atoms with Crippen LogP contribution >= 0.6 is 11.6 Å². The molecule has 5 nitrogen and oxygen atoms in total. The van der Waals surface area contributed by atoms with Gasteiger partial charge in [0, 0.05) is 16.3 Å². The molecule has 0 unspecified atom stereocenters. The number of nitrogens with one attached hydrogen (secondary N) is 1. The van der Waals surface area contributed by atoms with Crippen LogP contribution in [0.1, 0.15) is 17.3 Å². The standard InChI is InChI=1S/C14H13ClN2O3S/c1-9(18)10-3-2-4-12(7-10)17-21(19,20)14-6-5-11(15)8-13(14)16/h2-8,17H,16H2,1H3. The van der Waals surface area contributed by atoms with Crippen LogP contribution in [0, 0.1) is 0 Å². The number of sulfonamides is 1. The summed E-state index contributed by atoms with van der Waals surface area (Å²) in [5.41, 5.74) is 6.44. The Morgan fingerprint density at radius 3 is 2.52 bits per heavy atom. The smallest absolute Gasteiger partial charge is 0.263 e. The first-order chi connectivity index (χ1) is 9.79. The Kier molecular flexibility index (Phi) is 4.20. The summed E-state index contributed by atoms with van der Waals surface area (Å²) in [7, 11) is -3.85. The lowest BCUT2D eigenvalue weighted by molar-refractivity contribution is 0.101. The number of ketones is 1. The first-order valence-corrected chi connectivity index (χ1v) is 7.84. The lowest BCUT2D eigenvalue weighted by atomic mass is 10.1. The van der Waals surface area contributed by atoms with Gasteiger partial charge in [0.15, 0.2) is 5.78 Å². The molecule has 0 bridgehead atoms. The van der Waals surface area contributed by atoms with E-state index >= 15 is 0 Å². The third-order valence-corrected chi connectivity index (χ3v) is 4.47. The molecule has 0 aromatic heterocycles. The fourth-order valence-corrected chi connectivity index (χ4v) is 3.12. The number of Topliss-reactive ketones (excluding diaryl/α,β-unsaturated/α-hetero) is 1. The first kappa shape index (κ1) is 15.3. The summed E-state index contributed by atoms with van der Waals surface area (Å²) in [5.74, 6) is -0.151. The minimum Gasteiger partial charge on any atom is -0.398 e. The van der Waals surface area contributed by atoms with Crippen molar-refractivity contribution in [2.24, 2.45) is 0 Å². The molecule has 7 heteroatoms. The second-order valence-corrected chi connectivity index (χ2v) is 6.51. The number of benzene rings is 2. The van der Waals surface area contributed by atoms with Crippen LogP contribution in [0.15, 0.2) is 47.4 Å². The van der Waals surface area contributed by atoms with Gasteiger partial charge >= 0.3 is 0 Å². The summed E-state index contributed by atoms with van der Waals surface area (Å²) in [6.45, 7) is 1.41. The van der Waals surface area contributed by atoms with Crippen molar-refractivity contribution < 1.29 is 13.2 Å². The van der Waals surface area contributed by atoms with E-state index in [-0.39, 0.29) is 22.1 Å². The van der Waals surface area contributed by atoms with Gasteiger partial charge in [0.1, 0.15) is 4.90 Å². The molecule has 0 radical (unpaired) electrons. The SMILES string of the molecule is CC(=O)c1cccc(NS(=O)(=O)c2ccc(Cl)cc2N)c1. The molecule has 0 spiro atoms. The maximum atomic E-state index is 12.3. The molecule has 21 heavy (non-hydrogen) atoms. The molecule has 0 aliphatic rings. The summed E-state index contributed by atoms with van der Waals surface area (Å²) < 4.78 is 27.0. The number of nitrogens with two attached hydrogens (primary N) is 1. The summed E-state index contributed by atoms with van der Waals surface area (Å²) in [6.07, 6.45) is 0. The van der Waals surface area contributed by atoms with Crippen molar-refractivity contribution in [2.75, 3.05) is 10.5 Å². The van der Waals surface area contributed by atoms with Gasteiger partial charge in [-0.05, 0) is 37.3 Å². The van der Waals surface area contributed by atoms with E-state index < -0.39 is 10.0 Å². The molecule has 0 amide bonds. The molecule has 0 aliphatic carbocycles. The van der Waals surface area contributed by atoms with Gasteiger partial charge in [0.25, 0.3) is 10.0 Å². The third-order valence-electron chi connectivity index (χ3n) is 2.78.